The van der Waals surface area contributed by atoms with E-state index in [0.717, 1.165) is 24.5 Å². The Balaban J connectivity index is 1.62. The molecule has 0 bridgehead atoms. The topological polar surface area (TPSA) is 32.8 Å². The van der Waals surface area contributed by atoms with Crippen molar-refractivity contribution in [2.24, 2.45) is 0 Å². The average molecular weight is 314 g/mol. The maximum atomic E-state index is 13.3. The van der Waals surface area contributed by atoms with Crippen molar-refractivity contribution in [3.8, 4) is 5.75 Å². The van der Waals surface area contributed by atoms with E-state index in [9.17, 15) is 9.18 Å². The summed E-state index contributed by atoms with van der Waals surface area (Å²) >= 11 is 0. The molecule has 0 N–H and O–H groups in total. The minimum absolute atomic E-state index is 0.112. The Morgan fingerprint density at radius 2 is 1.74 bits per heavy atom. The second kappa shape index (κ2) is 6.69. The number of piperazine rings is 1. The van der Waals surface area contributed by atoms with Gasteiger partial charge in [0.15, 0.2) is 0 Å². The SMILES string of the molecule is COc1ccc(N2CCN(C(=O)c3cccc(F)c3)CC2)cc1. The molecule has 0 aromatic heterocycles. The number of ether oxygens (including phenoxy) is 1. The van der Waals surface area contributed by atoms with Gasteiger partial charge in [0.1, 0.15) is 11.6 Å². The normalized spacial score (nSPS) is 14.7. The van der Waals surface area contributed by atoms with Crippen LogP contribution in [0.15, 0.2) is 48.5 Å². The number of carbonyl (C=O) groups is 1. The Labute approximate surface area is 135 Å². The smallest absolute Gasteiger partial charge is 0.254 e. The van der Waals surface area contributed by atoms with Gasteiger partial charge in [-0.05, 0) is 42.5 Å². The Morgan fingerprint density at radius 1 is 1.04 bits per heavy atom. The monoisotopic (exact) mass is 314 g/mol. The fourth-order valence-corrected chi connectivity index (χ4v) is 2.76. The minimum atomic E-state index is -0.382. The second-order valence-electron chi connectivity index (χ2n) is 5.49. The molecule has 4 nitrogen and oxygen atoms in total. The molecule has 120 valence electrons. The molecule has 0 spiro atoms. The van der Waals surface area contributed by atoms with Gasteiger partial charge in [0.2, 0.25) is 0 Å². The first kappa shape index (κ1) is 15.3. The van der Waals surface area contributed by atoms with E-state index in [1.165, 1.54) is 12.1 Å². The Hall–Kier alpha value is -2.56. The summed E-state index contributed by atoms with van der Waals surface area (Å²) in [5, 5.41) is 0. The van der Waals surface area contributed by atoms with Gasteiger partial charge >= 0.3 is 0 Å². The van der Waals surface area contributed by atoms with Crippen molar-refractivity contribution in [2.75, 3.05) is 38.2 Å². The number of methoxy groups -OCH3 is 1. The van der Waals surface area contributed by atoms with Gasteiger partial charge in [-0.1, -0.05) is 6.07 Å². The number of anilines is 1. The average Bonchev–Trinajstić information content (AvgIpc) is 2.61. The van der Waals surface area contributed by atoms with Gasteiger partial charge < -0.3 is 14.5 Å². The molecule has 1 amide bonds. The first-order valence-corrected chi connectivity index (χ1v) is 7.61. The van der Waals surface area contributed by atoms with Crippen molar-refractivity contribution >= 4 is 11.6 Å². The Kier molecular flexibility index (Phi) is 4.46. The number of nitrogens with zero attached hydrogens (tertiary/aromatic N) is 2. The third kappa shape index (κ3) is 3.44. The number of halogens is 1. The third-order valence-corrected chi connectivity index (χ3v) is 4.08. The van der Waals surface area contributed by atoms with Crippen molar-refractivity contribution < 1.29 is 13.9 Å². The fourth-order valence-electron chi connectivity index (χ4n) is 2.76. The van der Waals surface area contributed by atoms with Gasteiger partial charge in [-0.25, -0.2) is 4.39 Å². The molecular formula is C18H19FN2O2. The first-order chi connectivity index (χ1) is 11.2. The lowest BCUT2D eigenvalue weighted by molar-refractivity contribution is 0.0746. The number of hydrogen-bond donors (Lipinski definition) is 0. The van der Waals surface area contributed by atoms with Crippen molar-refractivity contribution in [3.05, 3.63) is 59.9 Å². The molecule has 0 radical (unpaired) electrons. The summed E-state index contributed by atoms with van der Waals surface area (Å²) in [6.45, 7) is 2.77. The summed E-state index contributed by atoms with van der Waals surface area (Å²) in [6, 6.07) is 13.7. The van der Waals surface area contributed by atoms with Crippen molar-refractivity contribution in [1.82, 2.24) is 4.90 Å². The van der Waals surface area contributed by atoms with E-state index in [4.69, 9.17) is 4.74 Å². The van der Waals surface area contributed by atoms with E-state index in [0.29, 0.717) is 18.7 Å². The van der Waals surface area contributed by atoms with Crippen molar-refractivity contribution in [1.29, 1.82) is 0 Å². The van der Waals surface area contributed by atoms with Crippen LogP contribution in [0.4, 0.5) is 10.1 Å². The number of benzene rings is 2. The zero-order valence-electron chi connectivity index (χ0n) is 13.0. The maximum Gasteiger partial charge on any atom is 0.254 e. The fraction of sp³-hybridized carbons (Fsp3) is 0.278. The summed E-state index contributed by atoms with van der Waals surface area (Å²) in [5.74, 6) is 0.334. The molecule has 2 aromatic carbocycles. The van der Waals surface area contributed by atoms with Crippen LogP contribution in [0.1, 0.15) is 10.4 Å². The van der Waals surface area contributed by atoms with Crippen LogP contribution in [-0.2, 0) is 0 Å². The molecule has 3 rings (SSSR count). The molecule has 0 saturated carbocycles. The van der Waals surface area contributed by atoms with Gasteiger partial charge in [-0.15, -0.1) is 0 Å². The summed E-state index contributed by atoms with van der Waals surface area (Å²) in [7, 11) is 1.64. The van der Waals surface area contributed by atoms with E-state index in [2.05, 4.69) is 4.90 Å². The van der Waals surface area contributed by atoms with Crippen LogP contribution in [0.25, 0.3) is 0 Å². The van der Waals surface area contributed by atoms with E-state index < -0.39 is 0 Å². The summed E-state index contributed by atoms with van der Waals surface area (Å²) in [5.41, 5.74) is 1.52. The number of carbonyl (C=O) groups excluding carboxylic acids is 1. The Bertz CT molecular complexity index is 680. The van der Waals surface area contributed by atoms with Crippen LogP contribution < -0.4 is 9.64 Å². The predicted molar refractivity (Wildman–Crippen MR) is 87.5 cm³/mol. The highest BCUT2D eigenvalue weighted by Gasteiger charge is 2.22. The van der Waals surface area contributed by atoms with Gasteiger partial charge in [0.05, 0.1) is 7.11 Å². The molecule has 1 heterocycles. The molecule has 1 fully saturated rings. The van der Waals surface area contributed by atoms with E-state index in [1.807, 2.05) is 24.3 Å². The third-order valence-electron chi connectivity index (χ3n) is 4.08. The molecule has 0 aliphatic carbocycles. The molecule has 5 heteroatoms. The maximum absolute atomic E-state index is 13.3. The van der Waals surface area contributed by atoms with Crippen LogP contribution in [0.5, 0.6) is 5.75 Å². The summed E-state index contributed by atoms with van der Waals surface area (Å²) in [4.78, 5) is 16.4. The lowest BCUT2D eigenvalue weighted by Crippen LogP contribution is -2.48. The number of amides is 1. The Morgan fingerprint density at radius 3 is 2.35 bits per heavy atom. The lowest BCUT2D eigenvalue weighted by atomic mass is 10.1. The molecule has 1 aliphatic rings. The minimum Gasteiger partial charge on any atom is -0.497 e. The summed E-state index contributed by atoms with van der Waals surface area (Å²) < 4.78 is 18.4. The number of hydrogen-bond acceptors (Lipinski definition) is 3. The van der Waals surface area contributed by atoms with Crippen LogP contribution in [-0.4, -0.2) is 44.1 Å². The van der Waals surface area contributed by atoms with Gasteiger partial charge in [-0.2, -0.15) is 0 Å². The van der Waals surface area contributed by atoms with Crippen LogP contribution in [0.3, 0.4) is 0 Å². The standard InChI is InChI=1S/C18H19FN2O2/c1-23-17-7-5-16(6-8-17)20-9-11-21(12-10-20)18(22)14-3-2-4-15(19)13-14/h2-8,13H,9-12H2,1H3. The number of rotatable bonds is 3. The van der Waals surface area contributed by atoms with Crippen LogP contribution in [0, 0.1) is 5.82 Å². The van der Waals surface area contributed by atoms with Gasteiger partial charge in [0.25, 0.3) is 5.91 Å². The molecule has 23 heavy (non-hydrogen) atoms. The molecular weight excluding hydrogens is 295 g/mol. The summed E-state index contributed by atoms with van der Waals surface area (Å²) in [6.07, 6.45) is 0. The van der Waals surface area contributed by atoms with E-state index in [-0.39, 0.29) is 11.7 Å². The van der Waals surface area contributed by atoms with Gasteiger partial charge in [-0.3, -0.25) is 4.79 Å². The van der Waals surface area contributed by atoms with E-state index in [1.54, 1.807) is 24.1 Å². The first-order valence-electron chi connectivity index (χ1n) is 7.61. The van der Waals surface area contributed by atoms with Crippen LogP contribution in [0.2, 0.25) is 0 Å². The molecule has 1 saturated heterocycles. The van der Waals surface area contributed by atoms with Crippen molar-refractivity contribution in [3.63, 3.8) is 0 Å². The lowest BCUT2D eigenvalue weighted by Gasteiger charge is -2.36. The van der Waals surface area contributed by atoms with E-state index >= 15 is 0 Å². The predicted octanol–water partition coefficient (Wildman–Crippen LogP) is 2.80. The molecule has 1 aliphatic heterocycles. The molecule has 2 aromatic rings. The zero-order valence-corrected chi connectivity index (χ0v) is 13.0. The van der Waals surface area contributed by atoms with Crippen LogP contribution >= 0.6 is 0 Å². The molecule has 0 unspecified atom stereocenters. The highest BCUT2D eigenvalue weighted by atomic mass is 19.1. The molecule has 0 atom stereocenters. The second-order valence-corrected chi connectivity index (χ2v) is 5.49. The van der Waals surface area contributed by atoms with Crippen molar-refractivity contribution in [2.45, 2.75) is 0 Å². The quantitative estimate of drug-likeness (QED) is 0.873. The largest absolute Gasteiger partial charge is 0.497 e. The zero-order chi connectivity index (χ0) is 16.2. The highest BCUT2D eigenvalue weighted by Crippen LogP contribution is 2.21. The van der Waals surface area contributed by atoms with Gasteiger partial charge in [0, 0.05) is 37.4 Å². The highest BCUT2D eigenvalue weighted by molar-refractivity contribution is 5.94.